The number of hydrogen-bond donors (Lipinski definition) is 1. The van der Waals surface area contributed by atoms with Crippen molar-refractivity contribution < 1.29 is 9.53 Å². The third kappa shape index (κ3) is 0.920. The predicted octanol–water partition coefficient (Wildman–Crippen LogP) is 0.125. The third-order valence-corrected chi connectivity index (χ3v) is 1.49. The number of anilines is 1. The maximum absolute atomic E-state index is 10.7. The number of esters is 1. The lowest BCUT2D eigenvalue weighted by Crippen LogP contribution is -2.00. The Morgan fingerprint density at radius 2 is 2.36 bits per heavy atom. The monoisotopic (exact) mass is 150 g/mol. The highest BCUT2D eigenvalue weighted by Crippen LogP contribution is 2.24. The van der Waals surface area contributed by atoms with Crippen molar-refractivity contribution in [2.24, 2.45) is 0 Å². The Hall–Kier alpha value is -1.58. The minimum Gasteiger partial charge on any atom is -0.424 e. The Bertz CT molecular complexity index is 322. The number of nitrogens with zero attached hydrogens (tertiary/aromatic N) is 1. The average molecular weight is 150 g/mol. The van der Waals surface area contributed by atoms with E-state index in [1.165, 1.54) is 0 Å². The summed E-state index contributed by atoms with van der Waals surface area (Å²) in [5.41, 5.74) is 6.03. The molecule has 56 valence electrons. The second-order valence-corrected chi connectivity index (χ2v) is 2.33. The van der Waals surface area contributed by atoms with Gasteiger partial charge in [-0.25, -0.2) is 4.98 Å². The zero-order valence-corrected chi connectivity index (χ0v) is 5.70. The smallest absolute Gasteiger partial charge is 0.317 e. The van der Waals surface area contributed by atoms with Crippen LogP contribution in [0.5, 0.6) is 5.75 Å². The fourth-order valence-corrected chi connectivity index (χ4v) is 1.02. The maximum atomic E-state index is 10.7. The van der Waals surface area contributed by atoms with Crippen LogP contribution in [0, 0.1) is 0 Å². The molecule has 11 heavy (non-hydrogen) atoms. The van der Waals surface area contributed by atoms with Gasteiger partial charge in [0.2, 0.25) is 0 Å². The minimum atomic E-state index is -0.266. The molecule has 0 fully saturated rings. The van der Waals surface area contributed by atoms with Crippen LogP contribution in [0.25, 0.3) is 0 Å². The highest BCUT2D eigenvalue weighted by Gasteiger charge is 2.21. The first-order valence-electron chi connectivity index (χ1n) is 3.22. The molecule has 0 saturated carbocycles. The number of fused-ring (bicyclic) bond motifs is 1. The van der Waals surface area contributed by atoms with Crippen LogP contribution in [0.4, 0.5) is 5.82 Å². The molecule has 4 heteroatoms. The van der Waals surface area contributed by atoms with Gasteiger partial charge in [0.1, 0.15) is 5.82 Å². The summed E-state index contributed by atoms with van der Waals surface area (Å²) >= 11 is 0. The quantitative estimate of drug-likeness (QED) is 0.533. The summed E-state index contributed by atoms with van der Waals surface area (Å²) in [7, 11) is 0. The highest BCUT2D eigenvalue weighted by atomic mass is 16.5. The summed E-state index contributed by atoms with van der Waals surface area (Å²) in [4.78, 5) is 14.6. The van der Waals surface area contributed by atoms with Crippen molar-refractivity contribution in [3.8, 4) is 5.75 Å². The number of carbonyl (C=O) groups excluding carboxylic acids is 1. The second kappa shape index (κ2) is 1.95. The molecule has 2 rings (SSSR count). The molecule has 0 bridgehead atoms. The van der Waals surface area contributed by atoms with E-state index in [9.17, 15) is 4.79 Å². The van der Waals surface area contributed by atoms with E-state index in [4.69, 9.17) is 10.5 Å². The minimum absolute atomic E-state index is 0.236. The summed E-state index contributed by atoms with van der Waals surface area (Å²) in [6.45, 7) is 0. The molecule has 0 aliphatic carbocycles. The van der Waals surface area contributed by atoms with Crippen LogP contribution in [0.2, 0.25) is 0 Å². The summed E-state index contributed by atoms with van der Waals surface area (Å²) in [6.07, 6.45) is 0.236. The number of aromatic nitrogens is 1. The molecule has 2 N–H and O–H groups in total. The molecule has 0 radical (unpaired) electrons. The van der Waals surface area contributed by atoms with E-state index in [1.54, 1.807) is 12.1 Å². The number of nitrogen functional groups attached to an aromatic ring is 1. The van der Waals surface area contributed by atoms with Gasteiger partial charge in [-0.15, -0.1) is 0 Å². The zero-order valence-electron chi connectivity index (χ0n) is 5.70. The van der Waals surface area contributed by atoms with E-state index in [0.717, 1.165) is 0 Å². The molecular formula is C7H6N2O2. The summed E-state index contributed by atoms with van der Waals surface area (Å²) in [5, 5.41) is 0. The van der Waals surface area contributed by atoms with Crippen molar-refractivity contribution in [1.82, 2.24) is 4.98 Å². The standard InChI is InChI=1S/C7H6N2O2/c8-6-2-1-5-4(9-6)3-7(10)11-5/h1-2H,3H2,(H2,8,9). The van der Waals surface area contributed by atoms with Crippen LogP contribution in [-0.4, -0.2) is 11.0 Å². The molecule has 0 spiro atoms. The van der Waals surface area contributed by atoms with Crippen LogP contribution in [0.15, 0.2) is 12.1 Å². The van der Waals surface area contributed by atoms with Gasteiger partial charge in [0.05, 0.1) is 12.1 Å². The topological polar surface area (TPSA) is 65.2 Å². The first-order valence-corrected chi connectivity index (χ1v) is 3.22. The Balaban J connectivity index is 2.51. The molecule has 0 unspecified atom stereocenters. The van der Waals surface area contributed by atoms with Crippen LogP contribution in [-0.2, 0) is 11.2 Å². The Kier molecular flexibility index (Phi) is 1.09. The average Bonchev–Trinajstić information content (AvgIpc) is 2.27. The zero-order chi connectivity index (χ0) is 7.84. The molecule has 0 aromatic carbocycles. The molecule has 0 amide bonds. The number of nitrogens with two attached hydrogens (primary N) is 1. The van der Waals surface area contributed by atoms with Crippen LogP contribution in [0.3, 0.4) is 0 Å². The van der Waals surface area contributed by atoms with Crippen molar-refractivity contribution in [2.75, 3.05) is 5.73 Å². The molecule has 4 nitrogen and oxygen atoms in total. The van der Waals surface area contributed by atoms with Gasteiger partial charge in [0.25, 0.3) is 0 Å². The second-order valence-electron chi connectivity index (χ2n) is 2.33. The largest absolute Gasteiger partial charge is 0.424 e. The van der Waals surface area contributed by atoms with Crippen molar-refractivity contribution in [2.45, 2.75) is 6.42 Å². The van der Waals surface area contributed by atoms with Gasteiger partial charge < -0.3 is 10.5 Å². The lowest BCUT2D eigenvalue weighted by molar-refractivity contribution is -0.131. The summed E-state index contributed by atoms with van der Waals surface area (Å²) < 4.78 is 4.80. The maximum Gasteiger partial charge on any atom is 0.317 e. The Labute approximate surface area is 63.0 Å². The molecule has 2 heterocycles. The lowest BCUT2D eigenvalue weighted by Gasteiger charge is -1.95. The van der Waals surface area contributed by atoms with Gasteiger partial charge in [-0.2, -0.15) is 0 Å². The fourth-order valence-electron chi connectivity index (χ4n) is 1.02. The number of carbonyl (C=O) groups is 1. The van der Waals surface area contributed by atoms with Crippen molar-refractivity contribution in [3.63, 3.8) is 0 Å². The predicted molar refractivity (Wildman–Crippen MR) is 38.0 cm³/mol. The van der Waals surface area contributed by atoms with Crippen molar-refractivity contribution >= 4 is 11.8 Å². The van der Waals surface area contributed by atoms with Crippen LogP contribution in [0.1, 0.15) is 5.69 Å². The van der Waals surface area contributed by atoms with E-state index < -0.39 is 0 Å². The van der Waals surface area contributed by atoms with Crippen molar-refractivity contribution in [1.29, 1.82) is 0 Å². The van der Waals surface area contributed by atoms with Gasteiger partial charge in [-0.3, -0.25) is 4.79 Å². The third-order valence-electron chi connectivity index (χ3n) is 1.49. The van der Waals surface area contributed by atoms with E-state index >= 15 is 0 Å². The normalized spacial score (nSPS) is 14.4. The summed E-state index contributed by atoms with van der Waals surface area (Å²) in [6, 6.07) is 3.26. The summed E-state index contributed by atoms with van der Waals surface area (Å²) in [5.74, 6) is 0.685. The van der Waals surface area contributed by atoms with Gasteiger partial charge in [0, 0.05) is 0 Å². The van der Waals surface area contributed by atoms with Gasteiger partial charge in [0.15, 0.2) is 5.75 Å². The molecule has 0 saturated heterocycles. The van der Waals surface area contributed by atoms with Crippen LogP contribution < -0.4 is 10.5 Å². The number of pyridine rings is 1. The van der Waals surface area contributed by atoms with Crippen LogP contribution >= 0.6 is 0 Å². The fraction of sp³-hybridized carbons (Fsp3) is 0.143. The van der Waals surface area contributed by atoms with E-state index in [-0.39, 0.29) is 12.4 Å². The number of rotatable bonds is 0. The SMILES string of the molecule is Nc1ccc2c(n1)CC(=O)O2. The van der Waals surface area contributed by atoms with Gasteiger partial charge >= 0.3 is 5.97 Å². The highest BCUT2D eigenvalue weighted by molar-refractivity contribution is 5.80. The Morgan fingerprint density at radius 1 is 1.55 bits per heavy atom. The molecule has 1 aromatic rings. The first kappa shape index (κ1) is 6.15. The molecule has 0 atom stereocenters. The van der Waals surface area contributed by atoms with Crippen molar-refractivity contribution in [3.05, 3.63) is 17.8 Å². The number of ether oxygens (including phenoxy) is 1. The van der Waals surface area contributed by atoms with E-state index in [2.05, 4.69) is 4.98 Å². The van der Waals surface area contributed by atoms with Gasteiger partial charge in [-0.05, 0) is 12.1 Å². The van der Waals surface area contributed by atoms with Gasteiger partial charge in [-0.1, -0.05) is 0 Å². The lowest BCUT2D eigenvalue weighted by atomic mass is 10.3. The molecule has 1 aliphatic rings. The van der Waals surface area contributed by atoms with E-state index in [0.29, 0.717) is 17.3 Å². The van der Waals surface area contributed by atoms with E-state index in [1.807, 2.05) is 0 Å². The molecular weight excluding hydrogens is 144 g/mol. The molecule has 1 aromatic heterocycles. The molecule has 1 aliphatic heterocycles. The first-order chi connectivity index (χ1) is 5.25. The number of hydrogen-bond acceptors (Lipinski definition) is 4. The Morgan fingerprint density at radius 3 is 3.18 bits per heavy atom.